The zero-order valence-electron chi connectivity index (χ0n) is 22.1. The van der Waals surface area contributed by atoms with E-state index in [2.05, 4.69) is 53.7 Å². The Morgan fingerprint density at radius 3 is 2.56 bits per heavy atom. The van der Waals surface area contributed by atoms with Gasteiger partial charge in [0.15, 0.2) is 0 Å². The van der Waals surface area contributed by atoms with Gasteiger partial charge in [0.2, 0.25) is 0 Å². The van der Waals surface area contributed by atoms with Crippen molar-refractivity contribution in [2.45, 2.75) is 125 Å². The number of hydrogen-bond donors (Lipinski definition) is 1. The molecule has 0 aromatic rings. The maximum Gasteiger partial charge on any atom is 0.0577 e. The van der Waals surface area contributed by atoms with Crippen LogP contribution in [0.5, 0.6) is 0 Å². The predicted octanol–water partition coefficient (Wildman–Crippen LogP) is 8.73. The number of allylic oxidation sites excluding steroid dienone is 3. The van der Waals surface area contributed by atoms with Gasteiger partial charge in [0, 0.05) is 0 Å². The van der Waals surface area contributed by atoms with E-state index in [1.165, 1.54) is 64.2 Å². The summed E-state index contributed by atoms with van der Waals surface area (Å²) >= 11 is 0. The van der Waals surface area contributed by atoms with Crippen molar-refractivity contribution in [1.82, 2.24) is 0 Å². The van der Waals surface area contributed by atoms with Crippen LogP contribution in [0.3, 0.4) is 0 Å². The first-order chi connectivity index (χ1) is 15.3. The van der Waals surface area contributed by atoms with Crippen LogP contribution in [0.25, 0.3) is 0 Å². The Labute approximate surface area is 199 Å². The second-order valence-electron chi connectivity index (χ2n) is 12.8. The largest absolute Gasteiger partial charge is 0.393 e. The third-order valence-corrected chi connectivity index (χ3v) is 11.6. The molecule has 0 aliphatic heterocycles. The van der Waals surface area contributed by atoms with Gasteiger partial charge < -0.3 is 5.11 Å². The van der Waals surface area contributed by atoms with E-state index in [0.717, 1.165) is 48.3 Å². The molecule has 1 heteroatoms. The van der Waals surface area contributed by atoms with E-state index < -0.39 is 0 Å². The van der Waals surface area contributed by atoms with E-state index in [0.29, 0.717) is 10.8 Å². The zero-order valence-corrected chi connectivity index (χ0v) is 22.1. The van der Waals surface area contributed by atoms with Gasteiger partial charge in [-0.05, 0) is 130 Å². The van der Waals surface area contributed by atoms with Crippen LogP contribution in [0.4, 0.5) is 0 Å². The van der Waals surface area contributed by atoms with Gasteiger partial charge in [-0.1, -0.05) is 57.9 Å². The monoisotopic (exact) mass is 440 g/mol. The van der Waals surface area contributed by atoms with Crippen molar-refractivity contribution < 1.29 is 5.11 Å². The first-order valence-electron chi connectivity index (χ1n) is 14.3. The van der Waals surface area contributed by atoms with Crippen LogP contribution in [0.2, 0.25) is 0 Å². The molecular weight excluding hydrogens is 388 g/mol. The summed E-state index contributed by atoms with van der Waals surface area (Å²) in [6, 6.07) is 0. The molecule has 3 saturated carbocycles. The molecule has 0 amide bonds. The van der Waals surface area contributed by atoms with Crippen LogP contribution in [0.1, 0.15) is 119 Å². The topological polar surface area (TPSA) is 20.2 Å². The Morgan fingerprint density at radius 2 is 1.88 bits per heavy atom. The van der Waals surface area contributed by atoms with E-state index in [1.807, 2.05) is 0 Å². The van der Waals surface area contributed by atoms with Crippen LogP contribution < -0.4 is 0 Å². The highest BCUT2D eigenvalue weighted by Crippen LogP contribution is 2.67. The minimum atomic E-state index is -0.0841. The highest BCUT2D eigenvalue weighted by molar-refractivity contribution is 5.25. The fraction of sp³-hybridized carbons (Fsp3) is 0.871. The van der Waals surface area contributed by atoms with Crippen LogP contribution in [-0.2, 0) is 0 Å². The van der Waals surface area contributed by atoms with Crippen molar-refractivity contribution in [3.05, 3.63) is 23.3 Å². The number of aliphatic hydroxyl groups is 1. The fourth-order valence-electron chi connectivity index (χ4n) is 9.66. The first kappa shape index (κ1) is 24.6. The second-order valence-corrected chi connectivity index (χ2v) is 12.8. The van der Waals surface area contributed by atoms with E-state index in [9.17, 15) is 5.11 Å². The van der Waals surface area contributed by atoms with Crippen molar-refractivity contribution in [3.8, 4) is 0 Å². The number of hydrogen-bond acceptors (Lipinski definition) is 1. The molecule has 0 saturated heterocycles. The minimum Gasteiger partial charge on any atom is -0.393 e. The van der Waals surface area contributed by atoms with Gasteiger partial charge in [-0.2, -0.15) is 0 Å². The molecule has 1 N–H and O–H groups in total. The number of fused-ring (bicyclic) bond motifs is 5. The summed E-state index contributed by atoms with van der Waals surface area (Å²) in [7, 11) is 0. The molecule has 3 fully saturated rings. The van der Waals surface area contributed by atoms with Crippen LogP contribution >= 0.6 is 0 Å². The van der Waals surface area contributed by atoms with E-state index in [-0.39, 0.29) is 6.10 Å². The molecule has 0 bridgehead atoms. The van der Waals surface area contributed by atoms with Crippen molar-refractivity contribution >= 4 is 0 Å². The fourth-order valence-corrected chi connectivity index (χ4v) is 9.66. The molecule has 0 unspecified atom stereocenters. The molecule has 32 heavy (non-hydrogen) atoms. The Bertz CT molecular complexity index is 718. The Kier molecular flexibility index (Phi) is 7.36. The second kappa shape index (κ2) is 9.59. The highest BCUT2D eigenvalue weighted by atomic mass is 16.3. The van der Waals surface area contributed by atoms with Crippen molar-refractivity contribution in [2.24, 2.45) is 46.3 Å². The van der Waals surface area contributed by atoms with E-state index in [4.69, 9.17) is 0 Å². The molecule has 0 aromatic heterocycles. The van der Waals surface area contributed by atoms with E-state index in [1.54, 1.807) is 11.1 Å². The minimum absolute atomic E-state index is 0.0841. The van der Waals surface area contributed by atoms with Crippen LogP contribution in [-0.4, -0.2) is 11.2 Å². The summed E-state index contributed by atoms with van der Waals surface area (Å²) in [5.41, 5.74) is 4.24. The Morgan fingerprint density at radius 1 is 1.09 bits per heavy atom. The molecule has 4 aliphatic rings. The lowest BCUT2D eigenvalue weighted by atomic mass is 9.47. The summed E-state index contributed by atoms with van der Waals surface area (Å²) in [4.78, 5) is 0. The van der Waals surface area contributed by atoms with Gasteiger partial charge in [-0.15, -0.1) is 0 Å². The standard InChI is InChI=1S/C31H52O/c1-7-22(8-2)23(9-3)11-10-21(4)27-14-15-28-26-13-12-24-20-25(32)16-18-30(24,5)29(26)17-19-31(27,28)6/h7,12,21,23,25-29,32H,8-11,13-20H2,1-6H3/t21-,23-,25+,26+,27-,28+,29+,30+,31-/m1/s1. The van der Waals surface area contributed by atoms with Gasteiger partial charge in [0.25, 0.3) is 0 Å². The molecule has 4 aliphatic carbocycles. The summed E-state index contributed by atoms with van der Waals surface area (Å²) < 4.78 is 0. The predicted molar refractivity (Wildman–Crippen MR) is 137 cm³/mol. The lowest BCUT2D eigenvalue weighted by molar-refractivity contribution is -0.0574. The summed E-state index contributed by atoms with van der Waals surface area (Å²) in [6.45, 7) is 14.8. The lowest BCUT2D eigenvalue weighted by Gasteiger charge is -2.58. The van der Waals surface area contributed by atoms with Gasteiger partial charge in [0.05, 0.1) is 6.10 Å². The quantitative estimate of drug-likeness (QED) is 0.392. The maximum atomic E-state index is 10.3. The molecular formula is C31H52O. The molecule has 0 aromatic carbocycles. The van der Waals surface area contributed by atoms with Gasteiger partial charge in [0.1, 0.15) is 0 Å². The first-order valence-corrected chi connectivity index (χ1v) is 14.3. The van der Waals surface area contributed by atoms with Gasteiger partial charge in [-0.25, -0.2) is 0 Å². The maximum absolute atomic E-state index is 10.3. The van der Waals surface area contributed by atoms with Crippen LogP contribution in [0, 0.1) is 46.3 Å². The lowest BCUT2D eigenvalue weighted by Crippen LogP contribution is -2.50. The molecule has 0 spiro atoms. The third kappa shape index (κ3) is 4.08. The summed E-state index contributed by atoms with van der Waals surface area (Å²) in [5, 5.41) is 10.3. The Hall–Kier alpha value is -0.560. The van der Waals surface area contributed by atoms with Crippen LogP contribution in [0.15, 0.2) is 23.3 Å². The van der Waals surface area contributed by atoms with E-state index >= 15 is 0 Å². The van der Waals surface area contributed by atoms with Crippen molar-refractivity contribution in [3.63, 3.8) is 0 Å². The molecule has 9 atom stereocenters. The number of aliphatic hydroxyl groups excluding tert-OH is 1. The van der Waals surface area contributed by atoms with Crippen molar-refractivity contribution in [2.75, 3.05) is 0 Å². The molecule has 4 rings (SSSR count). The number of rotatable bonds is 7. The molecule has 0 heterocycles. The van der Waals surface area contributed by atoms with Crippen molar-refractivity contribution in [1.29, 1.82) is 0 Å². The highest BCUT2D eigenvalue weighted by Gasteiger charge is 2.59. The summed E-state index contributed by atoms with van der Waals surface area (Å²) in [5.74, 6) is 5.28. The average Bonchev–Trinajstić information content (AvgIpc) is 3.14. The smallest absolute Gasteiger partial charge is 0.0577 e. The normalized spacial score (nSPS) is 43.7. The zero-order chi connectivity index (χ0) is 23.1. The van der Waals surface area contributed by atoms with Gasteiger partial charge >= 0.3 is 0 Å². The van der Waals surface area contributed by atoms with Gasteiger partial charge in [-0.3, -0.25) is 0 Å². The third-order valence-electron chi connectivity index (χ3n) is 11.6. The SMILES string of the molecule is CC=C(CC)[C@H](CC)CC[C@@H](C)[C@H]1CC[C@H]2[C@@H]3CC=C4C[C@@H](O)CC[C@]4(C)[C@H]3CC[C@]12C. The molecule has 1 nitrogen and oxygen atoms in total. The summed E-state index contributed by atoms with van der Waals surface area (Å²) in [6.07, 6.45) is 20.5. The Balaban J connectivity index is 1.46. The average molecular weight is 441 g/mol. The molecule has 182 valence electrons. The molecule has 0 radical (unpaired) electrons.